The summed E-state index contributed by atoms with van der Waals surface area (Å²) < 4.78 is 38.0. The Bertz CT molecular complexity index is 1330. The van der Waals surface area contributed by atoms with Gasteiger partial charge >= 0.3 is 0 Å². The number of sulfonamides is 1. The van der Waals surface area contributed by atoms with Crippen LogP contribution >= 0.6 is 0 Å². The van der Waals surface area contributed by atoms with E-state index in [1.807, 2.05) is 0 Å². The molecule has 9 nitrogen and oxygen atoms in total. The zero-order valence-electron chi connectivity index (χ0n) is 17.4. The quantitative estimate of drug-likeness (QED) is 0.306. The van der Waals surface area contributed by atoms with Crippen molar-refractivity contribution in [1.82, 2.24) is 4.31 Å². The molecule has 3 aromatic rings. The van der Waals surface area contributed by atoms with Crippen molar-refractivity contribution in [2.24, 2.45) is 0 Å². The Kier molecular flexibility index (Phi) is 6.37. The van der Waals surface area contributed by atoms with Crippen LogP contribution in [0.15, 0.2) is 70.0 Å². The van der Waals surface area contributed by atoms with Crippen molar-refractivity contribution in [2.75, 3.05) is 26.3 Å². The number of nitro groups is 1. The maximum absolute atomic E-state index is 12.8. The predicted molar refractivity (Wildman–Crippen MR) is 120 cm³/mol. The molecule has 33 heavy (non-hydrogen) atoms. The number of hydrogen-bond donors (Lipinski definition) is 0. The zero-order chi connectivity index (χ0) is 23.4. The number of nitro benzene ring substituents is 1. The summed E-state index contributed by atoms with van der Waals surface area (Å²) in [4.78, 5) is 10.5. The first-order chi connectivity index (χ1) is 15.9. The first-order valence-electron chi connectivity index (χ1n) is 10.0. The van der Waals surface area contributed by atoms with Gasteiger partial charge in [-0.2, -0.15) is 9.57 Å². The summed E-state index contributed by atoms with van der Waals surface area (Å²) in [5.41, 5.74) is 1.44. The van der Waals surface area contributed by atoms with Crippen LogP contribution in [0.5, 0.6) is 0 Å². The lowest BCUT2D eigenvalue weighted by molar-refractivity contribution is -0.384. The summed E-state index contributed by atoms with van der Waals surface area (Å²) in [6, 6.07) is 17.6. The second-order valence-electron chi connectivity index (χ2n) is 7.22. The molecule has 1 saturated heterocycles. The first-order valence-corrected chi connectivity index (χ1v) is 11.5. The molecule has 2 heterocycles. The second kappa shape index (κ2) is 9.38. The highest BCUT2D eigenvalue weighted by Crippen LogP contribution is 2.27. The van der Waals surface area contributed by atoms with Crippen molar-refractivity contribution < 1.29 is 22.5 Å². The lowest BCUT2D eigenvalue weighted by atomic mass is 10.1. The zero-order valence-corrected chi connectivity index (χ0v) is 18.2. The summed E-state index contributed by atoms with van der Waals surface area (Å²) in [7, 11) is -3.58. The molecular formula is C23H19N3O6S. The Balaban J connectivity index is 1.54. The molecule has 0 amide bonds. The topological polar surface area (TPSA) is 127 Å². The molecule has 0 N–H and O–H groups in total. The van der Waals surface area contributed by atoms with Crippen molar-refractivity contribution >= 4 is 27.4 Å². The van der Waals surface area contributed by atoms with Gasteiger partial charge in [0.05, 0.1) is 34.7 Å². The van der Waals surface area contributed by atoms with Gasteiger partial charge in [-0.1, -0.05) is 0 Å². The summed E-state index contributed by atoms with van der Waals surface area (Å²) in [5.74, 6) is 0.933. The van der Waals surface area contributed by atoms with Crippen LogP contribution in [0, 0.1) is 21.4 Å². The van der Waals surface area contributed by atoms with Crippen molar-refractivity contribution in [2.45, 2.75) is 4.90 Å². The predicted octanol–water partition coefficient (Wildman–Crippen LogP) is 3.94. The van der Waals surface area contributed by atoms with Gasteiger partial charge in [-0.25, -0.2) is 8.42 Å². The summed E-state index contributed by atoms with van der Waals surface area (Å²) >= 11 is 0. The molecule has 0 radical (unpaired) electrons. The summed E-state index contributed by atoms with van der Waals surface area (Å²) in [6.07, 6.45) is 1.54. The molecule has 2 aromatic carbocycles. The molecule has 4 rings (SSSR count). The van der Waals surface area contributed by atoms with Crippen molar-refractivity contribution in [3.63, 3.8) is 0 Å². The molecule has 0 atom stereocenters. The monoisotopic (exact) mass is 465 g/mol. The minimum atomic E-state index is -3.58. The van der Waals surface area contributed by atoms with E-state index in [0.717, 1.165) is 0 Å². The highest BCUT2D eigenvalue weighted by molar-refractivity contribution is 7.89. The molecule has 1 aliphatic heterocycles. The number of nitriles is 1. The molecular weight excluding hydrogens is 446 g/mol. The van der Waals surface area contributed by atoms with Crippen molar-refractivity contribution in [3.05, 3.63) is 82.1 Å². The Morgan fingerprint density at radius 1 is 1.03 bits per heavy atom. The number of morpholine rings is 1. The SMILES string of the molecule is N#C/C(=C/c1ccc(-c2ccc(S(=O)(=O)N3CCOCC3)cc2)o1)c1ccc([N+](=O)[O-])cc1. The summed E-state index contributed by atoms with van der Waals surface area (Å²) in [5, 5.41) is 20.3. The average molecular weight is 465 g/mol. The van der Waals surface area contributed by atoms with Crippen LogP contribution in [0.2, 0.25) is 0 Å². The molecule has 1 aromatic heterocycles. The number of ether oxygens (including phenoxy) is 1. The van der Waals surface area contributed by atoms with E-state index >= 15 is 0 Å². The van der Waals surface area contributed by atoms with E-state index < -0.39 is 14.9 Å². The number of non-ortho nitro benzene ring substituents is 1. The van der Waals surface area contributed by atoms with E-state index in [0.29, 0.717) is 49.0 Å². The molecule has 10 heteroatoms. The number of allylic oxidation sites excluding steroid dienone is 1. The Morgan fingerprint density at radius 3 is 2.30 bits per heavy atom. The lowest BCUT2D eigenvalue weighted by Crippen LogP contribution is -2.40. The van der Waals surface area contributed by atoms with Crippen LogP contribution < -0.4 is 0 Å². The Morgan fingerprint density at radius 2 is 1.70 bits per heavy atom. The van der Waals surface area contributed by atoms with E-state index in [-0.39, 0.29) is 16.2 Å². The Labute approximate surface area is 190 Å². The van der Waals surface area contributed by atoms with Crippen LogP contribution in [0.1, 0.15) is 11.3 Å². The van der Waals surface area contributed by atoms with Crippen LogP contribution in [0.4, 0.5) is 5.69 Å². The van der Waals surface area contributed by atoms with Gasteiger partial charge < -0.3 is 9.15 Å². The summed E-state index contributed by atoms with van der Waals surface area (Å²) in [6.45, 7) is 1.41. The maximum Gasteiger partial charge on any atom is 0.269 e. The second-order valence-corrected chi connectivity index (χ2v) is 9.15. The van der Waals surface area contributed by atoms with Crippen LogP contribution in [-0.2, 0) is 14.8 Å². The molecule has 168 valence electrons. The number of furan rings is 1. The fourth-order valence-electron chi connectivity index (χ4n) is 3.40. The minimum absolute atomic E-state index is 0.0598. The molecule has 0 spiro atoms. The normalized spacial score (nSPS) is 15.2. The average Bonchev–Trinajstić information content (AvgIpc) is 3.32. The highest BCUT2D eigenvalue weighted by Gasteiger charge is 2.26. The molecule has 1 fully saturated rings. The van der Waals surface area contributed by atoms with Gasteiger partial charge in [0.2, 0.25) is 10.0 Å². The van der Waals surface area contributed by atoms with Gasteiger partial charge in [-0.15, -0.1) is 0 Å². The molecule has 0 bridgehead atoms. The number of rotatable bonds is 6. The third-order valence-electron chi connectivity index (χ3n) is 5.17. The fraction of sp³-hybridized carbons (Fsp3) is 0.174. The Hall–Kier alpha value is -3.78. The first kappa shape index (κ1) is 22.4. The van der Waals surface area contributed by atoms with Crippen LogP contribution in [0.3, 0.4) is 0 Å². The van der Waals surface area contributed by atoms with Gasteiger partial charge in [0.15, 0.2) is 0 Å². The van der Waals surface area contributed by atoms with Crippen molar-refractivity contribution in [1.29, 1.82) is 5.26 Å². The van der Waals surface area contributed by atoms with Crippen LogP contribution in [0.25, 0.3) is 23.0 Å². The standard InChI is InChI=1S/C23H19N3O6S/c24-16-19(17-1-5-20(6-2-17)26(27)28)15-21-7-10-23(32-21)18-3-8-22(9-4-18)33(29,30)25-11-13-31-14-12-25/h1-10,15H,11-14H2/b19-15-. The van der Waals surface area contributed by atoms with Gasteiger partial charge in [-0.05, 0) is 60.2 Å². The molecule has 1 aliphatic rings. The molecule has 0 aliphatic carbocycles. The van der Waals surface area contributed by atoms with Gasteiger partial charge in [0.1, 0.15) is 11.5 Å². The highest BCUT2D eigenvalue weighted by atomic mass is 32.2. The number of nitrogens with zero attached hydrogens (tertiary/aromatic N) is 3. The van der Waals surface area contributed by atoms with E-state index in [1.165, 1.54) is 40.7 Å². The van der Waals surface area contributed by atoms with Gasteiger partial charge in [-0.3, -0.25) is 10.1 Å². The largest absolute Gasteiger partial charge is 0.457 e. The van der Waals surface area contributed by atoms with E-state index in [4.69, 9.17) is 9.15 Å². The number of benzene rings is 2. The molecule has 0 saturated carbocycles. The third-order valence-corrected chi connectivity index (χ3v) is 7.08. The van der Waals surface area contributed by atoms with Crippen molar-refractivity contribution in [3.8, 4) is 17.4 Å². The van der Waals surface area contributed by atoms with Gasteiger partial charge in [0, 0.05) is 30.8 Å². The third kappa shape index (κ3) is 4.85. The maximum atomic E-state index is 12.8. The molecule has 0 unspecified atom stereocenters. The lowest BCUT2D eigenvalue weighted by Gasteiger charge is -2.26. The number of hydrogen-bond acceptors (Lipinski definition) is 7. The van der Waals surface area contributed by atoms with E-state index in [9.17, 15) is 23.8 Å². The van der Waals surface area contributed by atoms with Gasteiger partial charge in [0.25, 0.3) is 5.69 Å². The minimum Gasteiger partial charge on any atom is -0.457 e. The fourth-order valence-corrected chi connectivity index (χ4v) is 4.81. The van der Waals surface area contributed by atoms with E-state index in [1.54, 1.807) is 30.3 Å². The smallest absolute Gasteiger partial charge is 0.269 e. The van der Waals surface area contributed by atoms with Crippen LogP contribution in [-0.4, -0.2) is 43.9 Å². The van der Waals surface area contributed by atoms with E-state index in [2.05, 4.69) is 6.07 Å².